The van der Waals surface area contributed by atoms with Crippen LogP contribution in [0.3, 0.4) is 0 Å². The quantitative estimate of drug-likeness (QED) is 0.606. The number of benzene rings is 2. The van der Waals surface area contributed by atoms with Gasteiger partial charge < -0.3 is 0 Å². The Hall–Kier alpha value is -1.86. The Labute approximate surface area is 111 Å². The van der Waals surface area contributed by atoms with E-state index in [9.17, 15) is 0 Å². The van der Waals surface area contributed by atoms with Crippen LogP contribution in [0.1, 0.15) is 5.69 Å². The van der Waals surface area contributed by atoms with Crippen molar-refractivity contribution >= 4 is 22.4 Å². The van der Waals surface area contributed by atoms with Crippen molar-refractivity contribution in [1.82, 2.24) is 4.98 Å². The summed E-state index contributed by atoms with van der Waals surface area (Å²) in [5, 5.41) is 2.50. The first-order valence-corrected chi connectivity index (χ1v) is 6.41. The van der Waals surface area contributed by atoms with Gasteiger partial charge in [0.05, 0.1) is 11.6 Å². The molecule has 0 atom stereocenters. The summed E-state index contributed by atoms with van der Waals surface area (Å²) in [6.45, 7) is 0. The maximum atomic E-state index is 5.76. The molecule has 0 aliphatic heterocycles. The van der Waals surface area contributed by atoms with Crippen molar-refractivity contribution in [3.8, 4) is 11.1 Å². The molecular weight excluding hydrogens is 242 g/mol. The van der Waals surface area contributed by atoms with Crippen LogP contribution in [0.5, 0.6) is 0 Å². The molecule has 0 amide bonds. The molecule has 0 saturated heterocycles. The highest BCUT2D eigenvalue weighted by atomic mass is 35.5. The van der Waals surface area contributed by atoms with E-state index in [1.165, 1.54) is 16.3 Å². The summed E-state index contributed by atoms with van der Waals surface area (Å²) in [4.78, 5) is 4.35. The van der Waals surface area contributed by atoms with E-state index >= 15 is 0 Å². The van der Waals surface area contributed by atoms with E-state index in [0.29, 0.717) is 5.88 Å². The Bertz CT molecular complexity index is 669. The van der Waals surface area contributed by atoms with Crippen molar-refractivity contribution in [3.05, 3.63) is 66.5 Å². The third-order valence-electron chi connectivity index (χ3n) is 3.06. The molecule has 1 nitrogen and oxygen atoms in total. The zero-order valence-corrected chi connectivity index (χ0v) is 10.6. The maximum absolute atomic E-state index is 5.76. The minimum absolute atomic E-state index is 0.454. The Kier molecular flexibility index (Phi) is 2.99. The average Bonchev–Trinajstić information content (AvgIpc) is 2.47. The molecule has 0 unspecified atom stereocenters. The summed E-state index contributed by atoms with van der Waals surface area (Å²) in [5.74, 6) is 0.454. The molecule has 0 radical (unpaired) electrons. The summed E-state index contributed by atoms with van der Waals surface area (Å²) in [6.07, 6.45) is 1.89. The monoisotopic (exact) mass is 253 g/mol. The Morgan fingerprint density at radius 2 is 1.72 bits per heavy atom. The van der Waals surface area contributed by atoms with Crippen LogP contribution < -0.4 is 0 Å². The summed E-state index contributed by atoms with van der Waals surface area (Å²) in [5.41, 5.74) is 3.24. The third-order valence-corrected chi connectivity index (χ3v) is 3.34. The number of rotatable bonds is 2. The fourth-order valence-corrected chi connectivity index (χ4v) is 2.30. The molecule has 0 spiro atoms. The number of fused-ring (bicyclic) bond motifs is 1. The van der Waals surface area contributed by atoms with E-state index in [0.717, 1.165) is 11.3 Å². The topological polar surface area (TPSA) is 12.9 Å². The van der Waals surface area contributed by atoms with E-state index in [-0.39, 0.29) is 0 Å². The second-order valence-corrected chi connectivity index (χ2v) is 4.47. The lowest BCUT2D eigenvalue weighted by molar-refractivity contribution is 1.17. The van der Waals surface area contributed by atoms with Gasteiger partial charge in [0, 0.05) is 11.8 Å². The molecule has 3 aromatic rings. The van der Waals surface area contributed by atoms with Crippen LogP contribution in [0.4, 0.5) is 0 Å². The van der Waals surface area contributed by atoms with Gasteiger partial charge >= 0.3 is 0 Å². The molecule has 2 aromatic carbocycles. The zero-order chi connectivity index (χ0) is 12.4. The highest BCUT2D eigenvalue weighted by Gasteiger charge is 2.03. The first-order valence-electron chi connectivity index (χ1n) is 5.87. The Morgan fingerprint density at radius 3 is 2.50 bits per heavy atom. The van der Waals surface area contributed by atoms with Gasteiger partial charge in [0.15, 0.2) is 0 Å². The molecular formula is C16H12ClN. The normalized spacial score (nSPS) is 10.7. The predicted molar refractivity (Wildman–Crippen MR) is 76.7 cm³/mol. The van der Waals surface area contributed by atoms with E-state index in [4.69, 9.17) is 11.6 Å². The SMILES string of the molecule is ClCc1ccc(-c2cccc3ccccc23)cn1. The second kappa shape index (κ2) is 4.79. The fourth-order valence-electron chi connectivity index (χ4n) is 2.14. The molecule has 0 N–H and O–H groups in total. The van der Waals surface area contributed by atoms with Gasteiger partial charge in [-0.2, -0.15) is 0 Å². The van der Waals surface area contributed by atoms with E-state index in [1.54, 1.807) is 0 Å². The number of alkyl halides is 1. The van der Waals surface area contributed by atoms with Crippen LogP contribution in [0.15, 0.2) is 60.8 Å². The fraction of sp³-hybridized carbons (Fsp3) is 0.0625. The molecule has 3 rings (SSSR count). The molecule has 1 aromatic heterocycles. The number of halogens is 1. The van der Waals surface area contributed by atoms with Crippen LogP contribution in [0, 0.1) is 0 Å². The number of hydrogen-bond acceptors (Lipinski definition) is 1. The van der Waals surface area contributed by atoms with Gasteiger partial charge in [-0.15, -0.1) is 11.6 Å². The lowest BCUT2D eigenvalue weighted by atomic mass is 9.99. The third kappa shape index (κ3) is 1.98. The van der Waals surface area contributed by atoms with E-state index < -0.39 is 0 Å². The van der Waals surface area contributed by atoms with E-state index in [2.05, 4.69) is 53.5 Å². The van der Waals surface area contributed by atoms with Crippen LogP contribution in [0.25, 0.3) is 21.9 Å². The van der Waals surface area contributed by atoms with Crippen molar-refractivity contribution < 1.29 is 0 Å². The molecule has 0 aliphatic rings. The second-order valence-electron chi connectivity index (χ2n) is 4.20. The van der Waals surface area contributed by atoms with Gasteiger partial charge in [-0.05, 0) is 22.4 Å². The number of aromatic nitrogens is 1. The van der Waals surface area contributed by atoms with E-state index in [1.807, 2.05) is 12.3 Å². The van der Waals surface area contributed by atoms with Crippen molar-refractivity contribution in [3.63, 3.8) is 0 Å². The van der Waals surface area contributed by atoms with Gasteiger partial charge in [0.25, 0.3) is 0 Å². The highest BCUT2D eigenvalue weighted by Crippen LogP contribution is 2.28. The van der Waals surface area contributed by atoms with Crippen LogP contribution in [-0.4, -0.2) is 4.98 Å². The summed E-state index contributed by atoms with van der Waals surface area (Å²) in [7, 11) is 0. The van der Waals surface area contributed by atoms with Crippen molar-refractivity contribution in [2.24, 2.45) is 0 Å². The summed E-state index contributed by atoms with van der Waals surface area (Å²) in [6, 6.07) is 18.8. The minimum atomic E-state index is 0.454. The van der Waals surface area contributed by atoms with Gasteiger partial charge in [0.2, 0.25) is 0 Å². The van der Waals surface area contributed by atoms with Gasteiger partial charge in [-0.1, -0.05) is 48.5 Å². The molecule has 88 valence electrons. The van der Waals surface area contributed by atoms with Crippen LogP contribution in [-0.2, 0) is 5.88 Å². The largest absolute Gasteiger partial charge is 0.259 e. The molecule has 0 bridgehead atoms. The van der Waals surface area contributed by atoms with Crippen molar-refractivity contribution in [2.75, 3.05) is 0 Å². The number of hydrogen-bond donors (Lipinski definition) is 0. The number of nitrogens with zero attached hydrogens (tertiary/aromatic N) is 1. The summed E-state index contributed by atoms with van der Waals surface area (Å²) >= 11 is 5.76. The molecule has 0 fully saturated rings. The lowest BCUT2D eigenvalue weighted by Crippen LogP contribution is -1.86. The van der Waals surface area contributed by atoms with Gasteiger partial charge in [0.1, 0.15) is 0 Å². The molecule has 1 heterocycles. The Morgan fingerprint density at radius 1 is 0.889 bits per heavy atom. The number of pyridine rings is 1. The molecule has 18 heavy (non-hydrogen) atoms. The molecule has 0 aliphatic carbocycles. The van der Waals surface area contributed by atoms with Crippen LogP contribution >= 0.6 is 11.6 Å². The Balaban J connectivity index is 2.18. The predicted octanol–water partition coefficient (Wildman–Crippen LogP) is 4.64. The average molecular weight is 254 g/mol. The minimum Gasteiger partial charge on any atom is -0.259 e. The zero-order valence-electron chi connectivity index (χ0n) is 9.81. The van der Waals surface area contributed by atoms with Crippen molar-refractivity contribution in [1.29, 1.82) is 0 Å². The molecule has 2 heteroatoms. The lowest BCUT2D eigenvalue weighted by Gasteiger charge is -2.06. The highest BCUT2D eigenvalue weighted by molar-refractivity contribution is 6.16. The van der Waals surface area contributed by atoms with Crippen molar-refractivity contribution in [2.45, 2.75) is 5.88 Å². The van der Waals surface area contributed by atoms with Crippen LogP contribution in [0.2, 0.25) is 0 Å². The van der Waals surface area contributed by atoms with Gasteiger partial charge in [-0.3, -0.25) is 4.98 Å². The smallest absolute Gasteiger partial charge is 0.0647 e. The first-order chi connectivity index (χ1) is 8.88. The molecule has 0 saturated carbocycles. The first kappa shape index (κ1) is 11.2. The summed E-state index contributed by atoms with van der Waals surface area (Å²) < 4.78 is 0. The van der Waals surface area contributed by atoms with Gasteiger partial charge in [-0.25, -0.2) is 0 Å². The standard InChI is InChI=1S/C16H12ClN/c17-10-14-9-8-13(11-18-14)16-7-3-5-12-4-1-2-6-15(12)16/h1-9,11H,10H2. The maximum Gasteiger partial charge on any atom is 0.0647 e.